The fourth-order valence-corrected chi connectivity index (χ4v) is 3.54. The van der Waals surface area contributed by atoms with Gasteiger partial charge >= 0.3 is 0 Å². The van der Waals surface area contributed by atoms with Crippen molar-refractivity contribution in [3.8, 4) is 0 Å². The van der Waals surface area contributed by atoms with E-state index < -0.39 is 18.6 Å². The Morgan fingerprint density at radius 3 is 2.46 bits per heavy atom. The molecule has 3 aromatic carbocycles. The van der Waals surface area contributed by atoms with Gasteiger partial charge in [0.2, 0.25) is 11.8 Å². The molecule has 3 rings (SSSR count). The van der Waals surface area contributed by atoms with Crippen LogP contribution in [0.5, 0.6) is 0 Å². The van der Waals surface area contributed by atoms with E-state index in [1.54, 1.807) is 0 Å². The summed E-state index contributed by atoms with van der Waals surface area (Å²) in [5.74, 6) is -0.716. The van der Waals surface area contributed by atoms with Gasteiger partial charge in [-0.15, -0.1) is 0 Å². The molecule has 5 nitrogen and oxygen atoms in total. The van der Waals surface area contributed by atoms with Crippen LogP contribution in [-0.4, -0.2) is 29.6 Å². The van der Waals surface area contributed by atoms with Crippen LogP contribution in [0.25, 0.3) is 10.8 Å². The molecule has 0 aliphatic heterocycles. The largest absolute Gasteiger partial charge is 0.394 e. The van der Waals surface area contributed by atoms with Gasteiger partial charge in [-0.3, -0.25) is 9.59 Å². The summed E-state index contributed by atoms with van der Waals surface area (Å²) in [6.07, 6.45) is 0.144. The minimum Gasteiger partial charge on any atom is -0.394 e. The highest BCUT2D eigenvalue weighted by molar-refractivity contribution is 14.1. The number of hydrogen-bond acceptors (Lipinski definition) is 3. The van der Waals surface area contributed by atoms with E-state index in [1.165, 1.54) is 0 Å². The second-order valence-electron chi connectivity index (χ2n) is 6.51. The van der Waals surface area contributed by atoms with Gasteiger partial charge in [-0.05, 0) is 56.6 Å². The zero-order chi connectivity index (χ0) is 19.9. The van der Waals surface area contributed by atoms with Crippen LogP contribution < -0.4 is 10.6 Å². The first-order chi connectivity index (χ1) is 13.5. The lowest BCUT2D eigenvalue weighted by Crippen LogP contribution is -2.49. The number of halogens is 1. The Balaban J connectivity index is 1.56. The Hall–Kier alpha value is -2.45. The van der Waals surface area contributed by atoms with Crippen molar-refractivity contribution in [1.29, 1.82) is 0 Å². The number of carbonyl (C=O) groups is 2. The van der Waals surface area contributed by atoms with E-state index in [-0.39, 0.29) is 12.3 Å². The second-order valence-corrected chi connectivity index (χ2v) is 7.75. The van der Waals surface area contributed by atoms with Crippen molar-refractivity contribution in [3.05, 3.63) is 81.4 Å². The van der Waals surface area contributed by atoms with Crippen LogP contribution in [0.3, 0.4) is 0 Å². The van der Waals surface area contributed by atoms with E-state index >= 15 is 0 Å². The van der Waals surface area contributed by atoms with Crippen molar-refractivity contribution in [2.75, 3.05) is 6.61 Å². The molecule has 0 heterocycles. The molecule has 0 radical (unpaired) electrons. The Morgan fingerprint density at radius 2 is 1.71 bits per heavy atom. The zero-order valence-corrected chi connectivity index (χ0v) is 17.3. The average molecular weight is 488 g/mol. The molecule has 0 fully saturated rings. The molecule has 0 bridgehead atoms. The van der Waals surface area contributed by atoms with E-state index in [0.29, 0.717) is 6.54 Å². The Kier molecular flexibility index (Phi) is 7.00. The van der Waals surface area contributed by atoms with E-state index in [0.717, 1.165) is 25.5 Å². The summed E-state index contributed by atoms with van der Waals surface area (Å²) in [5, 5.41) is 17.0. The van der Waals surface area contributed by atoms with E-state index in [9.17, 15) is 14.7 Å². The highest BCUT2D eigenvalue weighted by Crippen LogP contribution is 2.16. The van der Waals surface area contributed by atoms with E-state index in [4.69, 9.17) is 0 Å². The zero-order valence-electron chi connectivity index (χ0n) is 15.2. The van der Waals surface area contributed by atoms with Crippen LogP contribution in [-0.2, 0) is 22.6 Å². The molecule has 1 unspecified atom stereocenters. The smallest absolute Gasteiger partial charge is 0.245 e. The first-order valence-corrected chi connectivity index (χ1v) is 10.0. The standard InChI is InChI=1S/C22H21IN2O3/c23-19-7-3-4-16(11-19)13-24-22(28)20(14-26)25-21(27)12-15-8-9-17-5-1-2-6-18(17)10-15/h1-11,20,26H,12-14H2,(H,24,28)(H,25,27). The molecule has 0 aromatic heterocycles. The molecule has 144 valence electrons. The maximum Gasteiger partial charge on any atom is 0.245 e. The number of rotatable bonds is 7. The van der Waals surface area contributed by atoms with Gasteiger partial charge in [0.05, 0.1) is 13.0 Å². The van der Waals surface area contributed by atoms with Crippen molar-refractivity contribution in [2.45, 2.75) is 19.0 Å². The van der Waals surface area contributed by atoms with Gasteiger partial charge in [0.25, 0.3) is 0 Å². The van der Waals surface area contributed by atoms with Crippen LogP contribution in [0.2, 0.25) is 0 Å². The highest BCUT2D eigenvalue weighted by Gasteiger charge is 2.19. The number of nitrogens with one attached hydrogen (secondary N) is 2. The topological polar surface area (TPSA) is 78.4 Å². The van der Waals surface area contributed by atoms with Gasteiger partial charge in [-0.1, -0.05) is 54.6 Å². The lowest BCUT2D eigenvalue weighted by atomic mass is 10.0. The molecule has 1 atom stereocenters. The Labute approximate surface area is 177 Å². The molecule has 0 saturated carbocycles. The molecule has 0 aliphatic rings. The van der Waals surface area contributed by atoms with Crippen molar-refractivity contribution in [2.24, 2.45) is 0 Å². The lowest BCUT2D eigenvalue weighted by Gasteiger charge is -2.16. The highest BCUT2D eigenvalue weighted by atomic mass is 127. The van der Waals surface area contributed by atoms with Crippen molar-refractivity contribution in [3.63, 3.8) is 0 Å². The number of aliphatic hydroxyl groups excluding tert-OH is 1. The number of benzene rings is 3. The maximum atomic E-state index is 12.3. The molecule has 3 aromatic rings. The van der Waals surface area contributed by atoms with Gasteiger partial charge in [0.1, 0.15) is 6.04 Å². The summed E-state index contributed by atoms with van der Waals surface area (Å²) in [6, 6.07) is 20.5. The van der Waals surface area contributed by atoms with Crippen LogP contribution >= 0.6 is 22.6 Å². The molecule has 0 saturated heterocycles. The summed E-state index contributed by atoms with van der Waals surface area (Å²) in [4.78, 5) is 24.6. The minimum atomic E-state index is -0.976. The molecule has 2 amide bonds. The third-order valence-electron chi connectivity index (χ3n) is 4.37. The molecule has 6 heteroatoms. The number of fused-ring (bicyclic) bond motifs is 1. The summed E-state index contributed by atoms with van der Waals surface area (Å²) in [5.41, 5.74) is 1.81. The van der Waals surface area contributed by atoms with Gasteiger partial charge < -0.3 is 15.7 Å². The molecule has 0 aliphatic carbocycles. The van der Waals surface area contributed by atoms with Gasteiger partial charge in [0, 0.05) is 10.1 Å². The van der Waals surface area contributed by atoms with Gasteiger partial charge in [-0.25, -0.2) is 0 Å². The fraction of sp³-hybridized carbons (Fsp3) is 0.182. The third kappa shape index (κ3) is 5.53. The number of amides is 2. The normalized spacial score (nSPS) is 11.8. The monoisotopic (exact) mass is 488 g/mol. The van der Waals surface area contributed by atoms with Crippen molar-refractivity contribution < 1.29 is 14.7 Å². The second kappa shape index (κ2) is 9.66. The van der Waals surface area contributed by atoms with Crippen LogP contribution in [0.1, 0.15) is 11.1 Å². The van der Waals surface area contributed by atoms with E-state index in [2.05, 4.69) is 33.2 Å². The minimum absolute atomic E-state index is 0.144. The third-order valence-corrected chi connectivity index (χ3v) is 5.04. The molecule has 28 heavy (non-hydrogen) atoms. The predicted octanol–water partition coefficient (Wildman–Crippen LogP) is 2.78. The first-order valence-electron chi connectivity index (χ1n) is 8.95. The van der Waals surface area contributed by atoms with Crippen LogP contribution in [0.4, 0.5) is 0 Å². The Morgan fingerprint density at radius 1 is 0.929 bits per heavy atom. The van der Waals surface area contributed by atoms with E-state index in [1.807, 2.05) is 66.7 Å². The summed E-state index contributed by atoms with van der Waals surface area (Å²) in [7, 11) is 0. The van der Waals surface area contributed by atoms with Crippen molar-refractivity contribution in [1.82, 2.24) is 10.6 Å². The summed E-state index contributed by atoms with van der Waals surface area (Å²) < 4.78 is 1.08. The summed E-state index contributed by atoms with van der Waals surface area (Å²) in [6.45, 7) is -0.117. The number of hydrogen-bond donors (Lipinski definition) is 3. The lowest BCUT2D eigenvalue weighted by molar-refractivity contribution is -0.129. The molecular formula is C22H21IN2O3. The van der Waals surface area contributed by atoms with Gasteiger partial charge in [-0.2, -0.15) is 0 Å². The Bertz CT molecular complexity index is 990. The van der Waals surface area contributed by atoms with Crippen LogP contribution in [0.15, 0.2) is 66.7 Å². The van der Waals surface area contributed by atoms with Gasteiger partial charge in [0.15, 0.2) is 0 Å². The predicted molar refractivity (Wildman–Crippen MR) is 118 cm³/mol. The maximum absolute atomic E-state index is 12.3. The average Bonchev–Trinajstić information content (AvgIpc) is 2.70. The fourth-order valence-electron chi connectivity index (χ4n) is 2.93. The molecule has 3 N–H and O–H groups in total. The SMILES string of the molecule is O=C(Cc1ccc2ccccc2c1)NC(CO)C(=O)NCc1cccc(I)c1. The number of aliphatic hydroxyl groups is 1. The van der Waals surface area contributed by atoms with Crippen molar-refractivity contribution >= 4 is 45.2 Å². The molecular weight excluding hydrogens is 467 g/mol. The molecule has 0 spiro atoms. The number of carbonyl (C=O) groups excluding carboxylic acids is 2. The van der Waals surface area contributed by atoms with Crippen LogP contribution in [0, 0.1) is 3.57 Å². The summed E-state index contributed by atoms with van der Waals surface area (Å²) >= 11 is 2.21. The first kappa shape index (κ1) is 20.3. The quantitative estimate of drug-likeness (QED) is 0.448.